The van der Waals surface area contributed by atoms with E-state index < -0.39 is 101 Å². The lowest BCUT2D eigenvalue weighted by Crippen LogP contribution is -2.38. The molecule has 38 nitrogen and oxygen atoms in total. The number of aromatic nitrogens is 8. The molecule has 42 heteroatoms. The third-order valence-corrected chi connectivity index (χ3v) is 20.2. The number of hydrogen-bond donors (Lipinski definition) is 11. The lowest BCUT2D eigenvalue weighted by Gasteiger charge is -2.16. The number of hydroxylamine groups is 1. The molecule has 0 aliphatic carbocycles. The Kier molecular flexibility index (Phi) is 76.8. The van der Waals surface area contributed by atoms with Crippen molar-refractivity contribution >= 4 is 111 Å². The number of nitrogens with zero attached hydrogens (tertiary/aromatic N) is 8. The molecule has 2 aliphatic rings. The summed E-state index contributed by atoms with van der Waals surface area (Å²) in [6, 6.07) is 7.03. The van der Waals surface area contributed by atoms with Gasteiger partial charge in [0.05, 0.1) is 52.8 Å². The zero-order valence-electron chi connectivity index (χ0n) is 82.9. The molecular formula is C90H179N17O21S4. The number of pyridine rings is 1. The number of aliphatic hydroxyl groups excluding tert-OH is 1. The molecule has 0 bridgehead atoms. The van der Waals surface area contributed by atoms with E-state index in [4.69, 9.17) is 14.5 Å². The number of rotatable bonds is 11. The van der Waals surface area contributed by atoms with Crippen molar-refractivity contribution in [3.05, 3.63) is 96.3 Å². The summed E-state index contributed by atoms with van der Waals surface area (Å²) in [5, 5.41) is 40.1. The Morgan fingerprint density at radius 1 is 0.568 bits per heavy atom. The number of carbonyl (C=O) groups excluding carboxylic acids is 7. The second kappa shape index (κ2) is 67.4. The second-order valence-corrected chi connectivity index (χ2v) is 46.6. The van der Waals surface area contributed by atoms with Crippen LogP contribution in [0.1, 0.15) is 324 Å². The topological polar surface area (TPSA) is 563 Å². The van der Waals surface area contributed by atoms with Gasteiger partial charge in [-0.2, -0.15) is 20.2 Å². The van der Waals surface area contributed by atoms with E-state index in [0.717, 1.165) is 42.0 Å². The number of amides is 6. The summed E-state index contributed by atoms with van der Waals surface area (Å²) in [6.07, 6.45) is 9.88. The molecule has 6 amide bonds. The number of aliphatic hydroxyl groups is 1. The Labute approximate surface area is 796 Å². The van der Waals surface area contributed by atoms with E-state index in [1.165, 1.54) is 71.2 Å². The number of nitrogens with one attached hydrogen (secondary N) is 9. The van der Waals surface area contributed by atoms with E-state index in [1.54, 1.807) is 115 Å². The molecule has 6 rings (SSSR count). The molecule has 0 aromatic carbocycles. The van der Waals surface area contributed by atoms with Crippen LogP contribution in [0.15, 0.2) is 93.6 Å². The number of carbonyl (C=O) groups is 8. The van der Waals surface area contributed by atoms with Crippen LogP contribution in [0.25, 0.3) is 0 Å². The Bertz CT molecular complexity index is 4560. The summed E-state index contributed by atoms with van der Waals surface area (Å²) >= 11 is 0. The normalized spacial score (nSPS) is 12.1. The minimum Gasteiger partial charge on any atom is -0.511 e. The molecule has 0 fully saturated rings. The molecule has 0 atom stereocenters. The van der Waals surface area contributed by atoms with Gasteiger partial charge in [-0.05, 0) is 101 Å². The number of allylic oxidation sites excluding steroid dienone is 2. The molecule has 774 valence electrons. The fourth-order valence-corrected chi connectivity index (χ4v) is 7.65. The van der Waals surface area contributed by atoms with Crippen LogP contribution < -0.4 is 35.6 Å². The highest BCUT2D eigenvalue weighted by molar-refractivity contribution is 7.93. The molecular weight excluding hydrogens is 1780 g/mol. The van der Waals surface area contributed by atoms with Crippen LogP contribution in [0.5, 0.6) is 0 Å². The maximum absolute atomic E-state index is 11.3. The lowest BCUT2D eigenvalue weighted by atomic mass is 9.90. The van der Waals surface area contributed by atoms with Gasteiger partial charge >= 0.3 is 11.9 Å². The fourth-order valence-electron chi connectivity index (χ4n) is 5.72. The molecule has 2 aliphatic heterocycles. The van der Waals surface area contributed by atoms with Gasteiger partial charge in [-0.25, -0.2) is 59.0 Å². The third-order valence-electron chi connectivity index (χ3n) is 14.4. The van der Waals surface area contributed by atoms with Crippen molar-refractivity contribution in [1.82, 2.24) is 66.1 Å². The maximum Gasteiger partial charge on any atom is 0.333 e. The Hall–Kier alpha value is -9.84. The van der Waals surface area contributed by atoms with Crippen LogP contribution in [-0.2, 0) is 93.3 Å². The largest absolute Gasteiger partial charge is 0.511 e. The predicted molar refractivity (Wildman–Crippen MR) is 540 cm³/mol. The number of aromatic amines is 2. The van der Waals surface area contributed by atoms with E-state index in [0.29, 0.717) is 23.6 Å². The highest BCUT2D eigenvalue weighted by Crippen LogP contribution is 2.25. The summed E-state index contributed by atoms with van der Waals surface area (Å²) in [7, 11) is -9.89. The fraction of sp³-hybridized carbons (Fsp3) is 0.689. The number of imide groups is 1. The summed E-state index contributed by atoms with van der Waals surface area (Å²) in [5.74, 6) is 1.65. The predicted octanol–water partition coefficient (Wildman–Crippen LogP) is 17.2. The highest BCUT2D eigenvalue weighted by Gasteiger charge is 2.28. The van der Waals surface area contributed by atoms with Crippen LogP contribution in [0.2, 0.25) is 0 Å². The molecule has 4 aromatic heterocycles. The van der Waals surface area contributed by atoms with Gasteiger partial charge in [0.1, 0.15) is 51.5 Å². The van der Waals surface area contributed by atoms with E-state index in [1.807, 2.05) is 77.8 Å². The number of hydrogen-bond acceptors (Lipinski definition) is 29. The zero-order chi connectivity index (χ0) is 101. The number of sulfonamides is 3. The maximum atomic E-state index is 11.3. The van der Waals surface area contributed by atoms with Gasteiger partial charge in [-0.3, -0.25) is 68.5 Å². The first kappa shape index (κ1) is 150. The summed E-state index contributed by atoms with van der Waals surface area (Å²) in [6.45, 7) is 73.6. The molecule has 132 heavy (non-hydrogen) atoms. The lowest BCUT2D eigenvalue weighted by molar-refractivity contribution is -0.146. The van der Waals surface area contributed by atoms with Gasteiger partial charge in [0, 0.05) is 94.9 Å². The van der Waals surface area contributed by atoms with Gasteiger partial charge in [0.25, 0.3) is 0 Å². The molecule has 11 N–H and O–H groups in total. The number of anilines is 2. The van der Waals surface area contributed by atoms with Crippen molar-refractivity contribution < 1.29 is 96.3 Å². The van der Waals surface area contributed by atoms with Gasteiger partial charge in [-0.1, -0.05) is 234 Å². The molecule has 4 aromatic rings. The Morgan fingerprint density at radius 2 is 1.01 bits per heavy atom. The average molecular weight is 1960 g/mol. The minimum absolute atomic E-state index is 0. The third kappa shape index (κ3) is 82.1. The van der Waals surface area contributed by atoms with Crippen LogP contribution >= 0.6 is 0 Å². The molecule has 0 unspecified atom stereocenters. The van der Waals surface area contributed by atoms with Gasteiger partial charge in [0.2, 0.25) is 77.3 Å². The number of esters is 1. The zero-order valence-corrected chi connectivity index (χ0v) is 86.1. The number of carboxylic acids is 1. The number of ether oxygens (including phenoxy) is 1. The van der Waals surface area contributed by atoms with Crippen LogP contribution in [0, 0.1) is 50.7 Å². The minimum atomic E-state index is -3.41. The van der Waals surface area contributed by atoms with E-state index in [2.05, 4.69) is 177 Å². The molecule has 0 radical (unpaired) electrons. The van der Waals surface area contributed by atoms with Gasteiger partial charge in [0.15, 0.2) is 0 Å². The van der Waals surface area contributed by atoms with Crippen molar-refractivity contribution in [2.75, 3.05) is 43.3 Å². The molecule has 0 spiro atoms. The monoisotopic (exact) mass is 1960 g/mol. The molecule has 0 saturated heterocycles. The van der Waals surface area contributed by atoms with Crippen molar-refractivity contribution in [3.8, 4) is 0 Å². The number of H-pyrrole nitrogens is 2. The number of aryl methyl sites for hydroxylation is 1. The van der Waals surface area contributed by atoms with Gasteiger partial charge in [-0.15, -0.1) is 0 Å². The van der Waals surface area contributed by atoms with Crippen LogP contribution in [0.4, 0.5) is 11.8 Å². The second-order valence-electron chi connectivity index (χ2n) is 37.8. The van der Waals surface area contributed by atoms with E-state index >= 15 is 0 Å². The first-order chi connectivity index (χ1) is 56.1. The molecule has 0 saturated carbocycles. The van der Waals surface area contributed by atoms with Crippen LogP contribution in [-0.4, -0.2) is 192 Å². The van der Waals surface area contributed by atoms with E-state index in [-0.39, 0.29) is 101 Å². The van der Waals surface area contributed by atoms with Crippen molar-refractivity contribution in [3.63, 3.8) is 0 Å². The Morgan fingerprint density at radius 3 is 1.20 bits per heavy atom. The van der Waals surface area contributed by atoms with E-state index in [9.17, 15) is 77.1 Å². The number of amidine groups is 1. The van der Waals surface area contributed by atoms with Crippen molar-refractivity contribution in [1.29, 1.82) is 0 Å². The number of aliphatic imine (C=N–C) groups is 2. The summed E-state index contributed by atoms with van der Waals surface area (Å²) in [5.41, 5.74) is 4.08. The highest BCUT2D eigenvalue weighted by atomic mass is 32.2. The van der Waals surface area contributed by atoms with Crippen molar-refractivity contribution in [2.45, 2.75) is 335 Å². The average Bonchev–Trinajstić information content (AvgIpc) is 1.52. The first-order valence-corrected chi connectivity index (χ1v) is 46.8. The Balaban J connectivity index is -0.000000106. The summed E-state index contributed by atoms with van der Waals surface area (Å²) < 4.78 is 102. The summed E-state index contributed by atoms with van der Waals surface area (Å²) in [4.78, 5) is 110. The SMILES string of the molecule is C.C.C.C.C.C.C=C1N=C(C(C)(C)C)NO1.CC(=O)NC(=O)C(C)(C)C.CC(=O)NS(=O)(=O)C(C)C.CC(C)(C)C(=O)NS(C)(=O)=O.CC(C)(C)C(=O)Nc1ncn[nH]1.CC(C)(C)C(=O)O.CC(C)(C)c1ncn[nH]1.CC(C)S(=O)(=O)Nc1ccccn1.CC(C)S(C)(=O)=O.CC1=CC(C(C)(C)C)=NC1.CNC(=O)C(C)C.COC(=O)C=C(O)C(C)(C)C.Cc1cc(C(C)C)on1. The quantitative estimate of drug-likeness (QED) is 0.0377. The number of aliphatic carboxylic acids is 1. The number of carboxylic acid groups (broad SMARTS) is 1. The number of methoxy groups -OCH3 is 1. The van der Waals surface area contributed by atoms with Crippen LogP contribution in [0.3, 0.4) is 0 Å². The standard InChI is InChI=1S/C9H15N.C8H12N2O2S.C8H14O3.C7H12N4O.C7H12N2O.C7H13NO2.C7H11NO.C6H11N3.C6H13NO3S.C5H11NO3S.C5H11NO.C5H10O2.C4H10O2S.6CH4/c1-7-5-8(10-6-7)9(2,3)4;1-7(2)13(11,12)10-8-5-3-4-6-9-8;1-8(2,3)6(9)5-7(10)11-4;1-7(2,3)5(12)10-6-8-4-9-11-6;1-5-8-6(9-10-5)7(2,3)4;1-5(9)8-6(10)7(2,3)4;1-5(2)7-4-6(3)8-9-7;1-6(2,3)5-7-4-8-9-5;1-6(2,3)5(8)7-11(4,9)10;1-4(2)10(8,9)6-5(3)7;1-4(2)5(7)6-3;1-5(2,3)4(6)7;1-4(2)7(3,5)6;;;;;;/h5H,6H2,1-4H3;3-7H,1-2H3,(H,9,10);5,9H,1-4H3;4H,1-3H3,(H2,8,9,10,11,12);1H2,2-4H3,(H,8,9);1-4H3,(H,8,9,10);4-5H,1-3H3;4H,1-3H3,(H,7,8,9);1-4H3,(H,7,8);4H,1-3H3,(H,6,7);4H,1-3H3,(H,6,7);1-3H3,(H,6,7);4H,1-3H3;6*1H4. The molecule has 6 heterocycles. The van der Waals surface area contributed by atoms with Gasteiger partial charge < -0.3 is 29.6 Å². The smallest absolute Gasteiger partial charge is 0.333 e. The van der Waals surface area contributed by atoms with Crippen molar-refractivity contribution in [2.24, 2.45) is 53.8 Å². The first-order valence-electron chi connectivity index (χ1n) is 39.9. The number of sulfone groups is 1.